The zero-order chi connectivity index (χ0) is 42.1. The lowest BCUT2D eigenvalue weighted by Gasteiger charge is -2.23. The third-order valence-corrected chi connectivity index (χ3v) is 8.29. The van der Waals surface area contributed by atoms with Gasteiger partial charge in [0.25, 0.3) is 0 Å². The van der Waals surface area contributed by atoms with Gasteiger partial charge in [-0.05, 0) is 41.8 Å². The summed E-state index contributed by atoms with van der Waals surface area (Å²) in [7, 11) is 8.25. The van der Waals surface area contributed by atoms with Crippen LogP contribution in [0.15, 0.2) is 36.4 Å². The predicted molar refractivity (Wildman–Crippen MR) is 198 cm³/mol. The van der Waals surface area contributed by atoms with E-state index in [0.717, 1.165) is 0 Å². The molecule has 0 radical (unpaired) electrons. The van der Waals surface area contributed by atoms with E-state index in [-0.39, 0.29) is 77.1 Å². The number of esters is 3. The molecule has 0 spiro atoms. The Morgan fingerprint density at radius 3 is 1.14 bits per heavy atom. The molecule has 3 rings (SSSR count). The number of hydrogen-bond donors (Lipinski definition) is 4. The van der Waals surface area contributed by atoms with E-state index in [4.69, 9.17) is 52.1 Å². The molecule has 0 aliphatic rings. The Hall–Kier alpha value is -5.37. The molecule has 0 bridgehead atoms. The van der Waals surface area contributed by atoms with Gasteiger partial charge < -0.3 is 72.5 Å². The largest absolute Gasteiger partial charge is 0.497 e. The first-order valence-electron chi connectivity index (χ1n) is 17.4. The Labute approximate surface area is 329 Å². The second-order valence-corrected chi connectivity index (χ2v) is 12.1. The van der Waals surface area contributed by atoms with Crippen LogP contribution < -0.4 is 28.4 Å². The highest BCUT2D eigenvalue weighted by Crippen LogP contribution is 2.32. The molecule has 0 aromatic heterocycles. The van der Waals surface area contributed by atoms with E-state index in [9.17, 15) is 34.8 Å². The summed E-state index contributed by atoms with van der Waals surface area (Å²) < 4.78 is 59.9. The van der Waals surface area contributed by atoms with E-state index in [1.54, 1.807) is 6.92 Å². The molecular formula is C39H50O18. The van der Waals surface area contributed by atoms with Gasteiger partial charge in [0.15, 0.2) is 0 Å². The number of carbonyl (C=O) groups is 3. The van der Waals surface area contributed by atoms with Crippen LogP contribution in [-0.2, 0) is 43.5 Å². The van der Waals surface area contributed by atoms with Crippen LogP contribution >= 0.6 is 0 Å². The highest BCUT2D eigenvalue weighted by atomic mass is 16.6. The maximum atomic E-state index is 13.6. The Kier molecular flexibility index (Phi) is 18.6. The summed E-state index contributed by atoms with van der Waals surface area (Å²) in [5.41, 5.74) is 0.353. The SMILES string of the molecule is COc1cc(CO)c(C(=O)OC(C)COCC(COCC(CO)OC(=O)c2c(CO)cc(OC)cc2OC)OC(=O)c2c(CO)cc(OC)cc2OC)c(OC)c1. The van der Waals surface area contributed by atoms with Crippen LogP contribution in [0, 0.1) is 0 Å². The van der Waals surface area contributed by atoms with E-state index < -0.39 is 62.6 Å². The summed E-state index contributed by atoms with van der Waals surface area (Å²) in [5.74, 6) is -1.36. The fourth-order valence-corrected chi connectivity index (χ4v) is 5.47. The minimum Gasteiger partial charge on any atom is -0.497 e. The number of methoxy groups -OCH3 is 6. The Morgan fingerprint density at radius 2 is 0.807 bits per heavy atom. The normalized spacial score (nSPS) is 12.5. The van der Waals surface area contributed by atoms with Gasteiger partial charge in [0.1, 0.15) is 69.5 Å². The lowest BCUT2D eigenvalue weighted by atomic mass is 10.1. The molecule has 4 N–H and O–H groups in total. The molecule has 3 unspecified atom stereocenters. The van der Waals surface area contributed by atoms with Gasteiger partial charge in [-0.3, -0.25) is 0 Å². The molecule has 0 fully saturated rings. The van der Waals surface area contributed by atoms with E-state index in [1.807, 2.05) is 0 Å². The summed E-state index contributed by atoms with van der Waals surface area (Å²) in [5, 5.41) is 39.8. The minimum absolute atomic E-state index is 0.00172. The zero-order valence-corrected chi connectivity index (χ0v) is 32.9. The molecule has 3 aromatic rings. The molecule has 3 aromatic carbocycles. The van der Waals surface area contributed by atoms with Crippen LogP contribution in [0.5, 0.6) is 34.5 Å². The molecule has 0 aliphatic carbocycles. The maximum absolute atomic E-state index is 13.6. The summed E-state index contributed by atoms with van der Waals surface area (Å²) in [6, 6.07) is 8.70. The van der Waals surface area contributed by atoms with Crippen molar-refractivity contribution in [2.45, 2.75) is 45.1 Å². The third kappa shape index (κ3) is 12.3. The maximum Gasteiger partial charge on any atom is 0.342 e. The van der Waals surface area contributed by atoms with Gasteiger partial charge in [0, 0.05) is 18.2 Å². The molecule has 18 nitrogen and oxygen atoms in total. The van der Waals surface area contributed by atoms with Crippen molar-refractivity contribution in [1.29, 1.82) is 0 Å². The van der Waals surface area contributed by atoms with Crippen molar-refractivity contribution in [2.24, 2.45) is 0 Å². The van der Waals surface area contributed by atoms with Crippen LogP contribution in [0.3, 0.4) is 0 Å². The minimum atomic E-state index is -1.21. The quantitative estimate of drug-likeness (QED) is 0.0751. The zero-order valence-electron chi connectivity index (χ0n) is 32.9. The standard InChI is InChI=1S/C39H50O18/c1-22(55-37(44)34-23(14-40)8-26(47-2)11-31(34)50-5)18-53-20-30(57-39(46)36-25(16-42)10-28(49-4)13-33(36)52-7)21-54-19-29(17-43)56-38(45)35-24(15-41)9-27(48-3)12-32(35)51-6/h8-13,22,29-30,40-43H,14-21H2,1-7H3. The van der Waals surface area contributed by atoms with Crippen molar-refractivity contribution in [2.75, 3.05) is 75.7 Å². The van der Waals surface area contributed by atoms with Gasteiger partial charge in [-0.2, -0.15) is 0 Å². The molecule has 0 amide bonds. The molecular weight excluding hydrogens is 756 g/mol. The highest BCUT2D eigenvalue weighted by Gasteiger charge is 2.28. The van der Waals surface area contributed by atoms with Crippen LogP contribution in [0.2, 0.25) is 0 Å². The molecule has 0 heterocycles. The number of benzene rings is 3. The van der Waals surface area contributed by atoms with Crippen molar-refractivity contribution in [1.82, 2.24) is 0 Å². The van der Waals surface area contributed by atoms with E-state index in [0.29, 0.717) is 17.2 Å². The summed E-state index contributed by atoms with van der Waals surface area (Å²) in [6.07, 6.45) is -3.22. The first-order valence-corrected chi connectivity index (χ1v) is 17.4. The van der Waals surface area contributed by atoms with Crippen LogP contribution in [0.25, 0.3) is 0 Å². The number of hydrogen-bond acceptors (Lipinski definition) is 18. The van der Waals surface area contributed by atoms with E-state index >= 15 is 0 Å². The van der Waals surface area contributed by atoms with Crippen molar-refractivity contribution in [3.63, 3.8) is 0 Å². The fraction of sp³-hybridized carbons (Fsp3) is 0.462. The Morgan fingerprint density at radius 1 is 0.474 bits per heavy atom. The summed E-state index contributed by atoms with van der Waals surface area (Å²) in [4.78, 5) is 39.9. The van der Waals surface area contributed by atoms with Gasteiger partial charge >= 0.3 is 17.9 Å². The average molecular weight is 807 g/mol. The second kappa shape index (κ2) is 23.0. The van der Waals surface area contributed by atoms with Crippen LogP contribution in [-0.4, -0.2) is 132 Å². The van der Waals surface area contributed by atoms with Gasteiger partial charge in [0.2, 0.25) is 0 Å². The molecule has 314 valence electrons. The lowest BCUT2D eigenvalue weighted by Crippen LogP contribution is -2.34. The summed E-state index contributed by atoms with van der Waals surface area (Å²) in [6.45, 7) is -1.92. The monoisotopic (exact) mass is 806 g/mol. The molecule has 18 heteroatoms. The number of aliphatic hydroxyl groups is 4. The fourth-order valence-electron chi connectivity index (χ4n) is 5.47. The van der Waals surface area contributed by atoms with Gasteiger partial charge in [-0.1, -0.05) is 0 Å². The Balaban J connectivity index is 1.77. The number of ether oxygens (including phenoxy) is 11. The van der Waals surface area contributed by atoms with Gasteiger partial charge in [-0.25, -0.2) is 14.4 Å². The highest BCUT2D eigenvalue weighted by molar-refractivity contribution is 5.96. The smallest absolute Gasteiger partial charge is 0.342 e. The van der Waals surface area contributed by atoms with Gasteiger partial charge in [-0.15, -0.1) is 0 Å². The third-order valence-electron chi connectivity index (χ3n) is 8.29. The van der Waals surface area contributed by atoms with Crippen LogP contribution in [0.1, 0.15) is 54.7 Å². The lowest BCUT2D eigenvalue weighted by molar-refractivity contribution is -0.0716. The first kappa shape index (κ1) is 46.0. The molecule has 0 saturated carbocycles. The van der Waals surface area contributed by atoms with Crippen molar-refractivity contribution < 1.29 is 86.9 Å². The average Bonchev–Trinajstić information content (AvgIpc) is 3.23. The van der Waals surface area contributed by atoms with Crippen molar-refractivity contribution in [3.8, 4) is 34.5 Å². The van der Waals surface area contributed by atoms with Crippen molar-refractivity contribution >= 4 is 17.9 Å². The molecule has 3 atom stereocenters. The number of aliphatic hydroxyl groups excluding tert-OH is 4. The van der Waals surface area contributed by atoms with E-state index in [2.05, 4.69) is 0 Å². The number of rotatable bonds is 24. The molecule has 57 heavy (non-hydrogen) atoms. The Bertz CT molecular complexity index is 1720. The van der Waals surface area contributed by atoms with Gasteiger partial charge in [0.05, 0.1) is 95.5 Å². The number of carbonyl (C=O) groups excluding carboxylic acids is 3. The second-order valence-electron chi connectivity index (χ2n) is 12.1. The van der Waals surface area contributed by atoms with E-state index in [1.165, 1.54) is 79.1 Å². The van der Waals surface area contributed by atoms with Crippen LogP contribution in [0.4, 0.5) is 0 Å². The van der Waals surface area contributed by atoms with Crippen molar-refractivity contribution in [3.05, 3.63) is 69.8 Å². The molecule has 0 aliphatic heterocycles. The summed E-state index contributed by atoms with van der Waals surface area (Å²) >= 11 is 0. The predicted octanol–water partition coefficient (Wildman–Crippen LogP) is 2.24. The molecule has 0 saturated heterocycles. The topological polar surface area (TPSA) is 234 Å². The first-order chi connectivity index (χ1) is 27.4.